The molecule has 0 radical (unpaired) electrons. The molecular weight excluding hydrogens is 334 g/mol. The largest absolute Gasteiger partial charge is 0.324 e. The third kappa shape index (κ3) is 4.14. The highest BCUT2D eigenvalue weighted by atomic mass is 32.2. The maximum Gasteiger partial charge on any atom is 0.240 e. The van der Waals surface area contributed by atoms with E-state index in [0.717, 1.165) is 16.3 Å². The van der Waals surface area contributed by atoms with Gasteiger partial charge in [0.2, 0.25) is 11.8 Å². The molecule has 1 aliphatic rings. The van der Waals surface area contributed by atoms with Crippen LogP contribution in [-0.2, 0) is 9.59 Å². The number of hydrogen-bond acceptors (Lipinski definition) is 4. The average molecular weight is 355 g/mol. The molecule has 0 aliphatic carbocycles. The van der Waals surface area contributed by atoms with E-state index in [4.69, 9.17) is 0 Å². The molecule has 0 saturated heterocycles. The van der Waals surface area contributed by atoms with E-state index in [1.54, 1.807) is 5.01 Å². The molecule has 2 aromatic rings. The summed E-state index contributed by atoms with van der Waals surface area (Å²) >= 11 is 1.43. The highest BCUT2D eigenvalue weighted by Gasteiger charge is 2.29. The van der Waals surface area contributed by atoms with Gasteiger partial charge in [-0.25, -0.2) is 0 Å². The van der Waals surface area contributed by atoms with Crippen molar-refractivity contribution >= 4 is 35.0 Å². The van der Waals surface area contributed by atoms with Crippen LogP contribution in [0.25, 0.3) is 0 Å². The predicted molar refractivity (Wildman–Crippen MR) is 102 cm³/mol. The lowest BCUT2D eigenvalue weighted by Gasteiger charge is -2.27. The van der Waals surface area contributed by atoms with Gasteiger partial charge in [0.05, 0.1) is 16.6 Å². The molecule has 0 fully saturated rings. The van der Waals surface area contributed by atoms with E-state index in [-0.39, 0.29) is 18.2 Å². The van der Waals surface area contributed by atoms with Gasteiger partial charge >= 0.3 is 0 Å². The fourth-order valence-electron chi connectivity index (χ4n) is 2.64. The Kier molecular flexibility index (Phi) is 5.28. The first-order valence-electron chi connectivity index (χ1n) is 8.27. The van der Waals surface area contributed by atoms with E-state index in [1.165, 1.54) is 17.3 Å². The molecule has 0 saturated carbocycles. The zero-order valence-electron chi connectivity index (χ0n) is 14.3. The molecule has 2 N–H and O–H groups in total. The normalized spacial score (nSPS) is 15.9. The molecule has 0 bridgehead atoms. The van der Waals surface area contributed by atoms with E-state index in [2.05, 4.69) is 10.7 Å². The minimum atomic E-state index is -0.424. The summed E-state index contributed by atoms with van der Waals surface area (Å²) in [6.07, 6.45) is 0.132. The van der Waals surface area contributed by atoms with Crippen molar-refractivity contribution in [2.45, 2.75) is 30.4 Å². The van der Waals surface area contributed by atoms with Gasteiger partial charge in [-0.15, -0.1) is 11.8 Å². The number of anilines is 2. The highest BCUT2D eigenvalue weighted by molar-refractivity contribution is 8.01. The number of thioether (sulfide) groups is 1. The number of carbonyl (C=O) groups is 2. The van der Waals surface area contributed by atoms with Crippen LogP contribution in [0.5, 0.6) is 0 Å². The molecular formula is C19H21N3O2S. The van der Waals surface area contributed by atoms with Gasteiger partial charge < -0.3 is 5.32 Å². The van der Waals surface area contributed by atoms with Gasteiger partial charge in [0.15, 0.2) is 0 Å². The highest BCUT2D eigenvalue weighted by Crippen LogP contribution is 2.36. The van der Waals surface area contributed by atoms with Crippen molar-refractivity contribution in [2.75, 3.05) is 16.9 Å². The van der Waals surface area contributed by atoms with Crippen molar-refractivity contribution in [3.05, 3.63) is 54.1 Å². The van der Waals surface area contributed by atoms with Gasteiger partial charge in [0, 0.05) is 17.9 Å². The smallest absolute Gasteiger partial charge is 0.240 e. The molecule has 5 nitrogen and oxygen atoms in total. The average Bonchev–Trinajstić information content (AvgIpc) is 2.61. The molecule has 0 aromatic heterocycles. The van der Waals surface area contributed by atoms with Crippen LogP contribution in [0.3, 0.4) is 0 Å². The molecule has 2 aromatic carbocycles. The third-order valence-corrected chi connectivity index (χ3v) is 5.27. The third-order valence-electron chi connectivity index (χ3n) is 4.00. The van der Waals surface area contributed by atoms with E-state index in [0.29, 0.717) is 6.54 Å². The molecule has 0 unspecified atom stereocenters. The summed E-state index contributed by atoms with van der Waals surface area (Å²) in [6, 6.07) is 15.6. The topological polar surface area (TPSA) is 61.4 Å². The number of carbonyl (C=O) groups excluding carboxylic acids is 2. The molecule has 130 valence electrons. The number of nitrogens with one attached hydrogen (secondary N) is 2. The van der Waals surface area contributed by atoms with Crippen LogP contribution >= 0.6 is 11.8 Å². The van der Waals surface area contributed by atoms with E-state index in [9.17, 15) is 9.59 Å². The summed E-state index contributed by atoms with van der Waals surface area (Å²) < 4.78 is 0. The second kappa shape index (κ2) is 7.61. The number of para-hydroxylation sites is 1. The Bertz CT molecular complexity index is 776. The Morgan fingerprint density at radius 2 is 1.92 bits per heavy atom. The second-order valence-corrected chi connectivity index (χ2v) is 7.16. The second-order valence-electron chi connectivity index (χ2n) is 5.91. The molecule has 6 heteroatoms. The number of hydrazine groups is 1. The van der Waals surface area contributed by atoms with Crippen LogP contribution in [0.4, 0.5) is 11.4 Å². The van der Waals surface area contributed by atoms with Crippen LogP contribution < -0.4 is 15.8 Å². The van der Waals surface area contributed by atoms with Gasteiger partial charge in [-0.05, 0) is 38.1 Å². The molecule has 3 rings (SSSR count). The van der Waals surface area contributed by atoms with Gasteiger partial charge in [-0.3, -0.25) is 20.0 Å². The fourth-order valence-corrected chi connectivity index (χ4v) is 3.75. The lowest BCUT2D eigenvalue weighted by molar-refractivity contribution is -0.124. The van der Waals surface area contributed by atoms with Crippen molar-refractivity contribution in [1.29, 1.82) is 0 Å². The molecule has 1 atom stereocenters. The molecule has 1 heterocycles. The van der Waals surface area contributed by atoms with Gasteiger partial charge in [-0.1, -0.05) is 29.8 Å². The van der Waals surface area contributed by atoms with E-state index >= 15 is 0 Å². The van der Waals surface area contributed by atoms with Crippen molar-refractivity contribution in [1.82, 2.24) is 5.43 Å². The first-order chi connectivity index (χ1) is 12.1. The van der Waals surface area contributed by atoms with Gasteiger partial charge in [0.1, 0.15) is 0 Å². The van der Waals surface area contributed by atoms with Crippen molar-refractivity contribution in [2.24, 2.45) is 0 Å². The van der Waals surface area contributed by atoms with Crippen LogP contribution in [0, 0.1) is 6.92 Å². The Hall–Kier alpha value is -2.47. The van der Waals surface area contributed by atoms with Crippen LogP contribution in [0.2, 0.25) is 0 Å². The van der Waals surface area contributed by atoms with Gasteiger partial charge in [-0.2, -0.15) is 0 Å². The number of hydrogen-bond donors (Lipinski definition) is 2. The number of benzene rings is 2. The van der Waals surface area contributed by atoms with Crippen molar-refractivity contribution in [3.8, 4) is 0 Å². The molecule has 25 heavy (non-hydrogen) atoms. The number of fused-ring (bicyclic) bond motifs is 1. The molecule has 1 aliphatic heterocycles. The summed E-state index contributed by atoms with van der Waals surface area (Å²) in [4.78, 5) is 25.7. The number of rotatable bonds is 5. The first kappa shape index (κ1) is 17.4. The maximum absolute atomic E-state index is 12.4. The standard InChI is InChI=1S/C19H21N3O2S/c1-3-22(14-10-8-13(2)9-11-14)21-18(23)12-17-19(24)20-15-6-4-5-7-16(15)25-17/h4-11,17H,3,12H2,1-2H3,(H,20,24)(H,21,23)/t17-/m1/s1. The Balaban J connectivity index is 1.64. The summed E-state index contributed by atoms with van der Waals surface area (Å²) in [6.45, 7) is 4.63. The van der Waals surface area contributed by atoms with Crippen LogP contribution in [0.1, 0.15) is 18.9 Å². The van der Waals surface area contributed by atoms with E-state index < -0.39 is 5.25 Å². The first-order valence-corrected chi connectivity index (χ1v) is 9.15. The number of amides is 2. The van der Waals surface area contributed by atoms with Gasteiger partial charge in [0.25, 0.3) is 0 Å². The quantitative estimate of drug-likeness (QED) is 0.808. The minimum Gasteiger partial charge on any atom is -0.324 e. The van der Waals surface area contributed by atoms with E-state index in [1.807, 2.05) is 62.4 Å². The Labute approximate surface area is 151 Å². The van der Waals surface area contributed by atoms with Crippen molar-refractivity contribution < 1.29 is 9.59 Å². The number of aryl methyl sites for hydroxylation is 1. The summed E-state index contributed by atoms with van der Waals surface area (Å²) in [5.74, 6) is -0.299. The maximum atomic E-state index is 12.4. The predicted octanol–water partition coefficient (Wildman–Crippen LogP) is 3.36. The monoisotopic (exact) mass is 355 g/mol. The number of nitrogens with zero attached hydrogens (tertiary/aromatic N) is 1. The Morgan fingerprint density at radius 1 is 1.20 bits per heavy atom. The summed E-state index contributed by atoms with van der Waals surface area (Å²) in [5, 5.41) is 4.24. The SMILES string of the molecule is CCN(NC(=O)C[C@H]1Sc2ccccc2NC1=O)c1ccc(C)cc1. The summed E-state index contributed by atoms with van der Waals surface area (Å²) in [5.41, 5.74) is 5.79. The fraction of sp³-hybridized carbons (Fsp3) is 0.263. The lowest BCUT2D eigenvalue weighted by atomic mass is 10.2. The molecule has 2 amide bonds. The molecule has 0 spiro atoms. The minimum absolute atomic E-state index is 0.128. The lowest BCUT2D eigenvalue weighted by Crippen LogP contribution is -2.44. The van der Waals surface area contributed by atoms with Crippen molar-refractivity contribution in [3.63, 3.8) is 0 Å². The summed E-state index contributed by atoms with van der Waals surface area (Å²) in [7, 11) is 0. The van der Waals surface area contributed by atoms with Crippen LogP contribution in [-0.4, -0.2) is 23.6 Å². The zero-order chi connectivity index (χ0) is 17.8. The Morgan fingerprint density at radius 3 is 2.64 bits per heavy atom. The van der Waals surface area contributed by atoms with Crippen LogP contribution in [0.15, 0.2) is 53.4 Å². The zero-order valence-corrected chi connectivity index (χ0v) is 15.1.